The Morgan fingerprint density at radius 2 is 0.560 bits per heavy atom. The summed E-state index contributed by atoms with van der Waals surface area (Å²) in [6, 6.07) is 0. The van der Waals surface area contributed by atoms with Gasteiger partial charge in [-0.2, -0.15) is 0 Å². The van der Waals surface area contributed by atoms with Crippen LogP contribution in [0.3, 0.4) is 0 Å². The molecule has 0 aromatic carbocycles. The number of unbranched alkanes of at least 4 members (excludes halogenated alkanes) is 15. The van der Waals surface area contributed by atoms with Crippen molar-refractivity contribution >= 4 is 22.7 Å². The maximum absolute atomic E-state index is 2.33. The van der Waals surface area contributed by atoms with Crippen LogP contribution in [0.25, 0.3) is 0 Å². The summed E-state index contributed by atoms with van der Waals surface area (Å²) in [6.45, 7) is 6.98. The molecule has 0 atom stereocenters. The van der Waals surface area contributed by atoms with Gasteiger partial charge in [-0.3, -0.25) is 0 Å². The summed E-state index contributed by atoms with van der Waals surface area (Å²) in [5.74, 6) is 0. The van der Waals surface area contributed by atoms with Gasteiger partial charge in [-0.15, -0.1) is 0 Å². The molecule has 0 aliphatic carbocycles. The van der Waals surface area contributed by atoms with Crippen molar-refractivity contribution in [3.8, 4) is 0 Å². The Kier molecular flexibility index (Phi) is 23.8. The SMILES string of the molecule is CCCCCCC[CH2][Pb]([CH2]CCCCCCC)[CH2]CCCCCCC. The van der Waals surface area contributed by atoms with Gasteiger partial charge in [0.25, 0.3) is 0 Å². The van der Waals surface area contributed by atoms with Gasteiger partial charge in [0, 0.05) is 0 Å². The minimum atomic E-state index is -1.19. The first kappa shape index (κ1) is 25.9. The second kappa shape index (κ2) is 23.0. The zero-order valence-corrected chi connectivity index (χ0v) is 22.2. The second-order valence-corrected chi connectivity index (χ2v) is 20.0. The first-order valence-electron chi connectivity index (χ1n) is 12.2. The van der Waals surface area contributed by atoms with Crippen LogP contribution in [-0.2, 0) is 0 Å². The average molecular weight is 547 g/mol. The molecular weight excluding hydrogens is 495 g/mol. The molecule has 0 fully saturated rings. The zero-order chi connectivity index (χ0) is 18.4. The number of rotatable bonds is 21. The molecule has 0 spiro atoms. The van der Waals surface area contributed by atoms with E-state index in [1.165, 1.54) is 77.0 Å². The van der Waals surface area contributed by atoms with Crippen LogP contribution in [0.1, 0.15) is 136 Å². The van der Waals surface area contributed by atoms with Crippen LogP contribution >= 0.6 is 0 Å². The Morgan fingerprint density at radius 3 is 0.840 bits per heavy atom. The van der Waals surface area contributed by atoms with Crippen LogP contribution in [0.15, 0.2) is 0 Å². The van der Waals surface area contributed by atoms with Crippen LogP contribution in [0.2, 0.25) is 11.9 Å². The van der Waals surface area contributed by atoms with Gasteiger partial charge in [0.1, 0.15) is 0 Å². The summed E-state index contributed by atoms with van der Waals surface area (Å²) in [6.07, 6.45) is 27.0. The average Bonchev–Trinajstić information content (AvgIpc) is 2.63. The predicted molar refractivity (Wildman–Crippen MR) is 120 cm³/mol. The number of hydrogen-bond donors (Lipinski definition) is 0. The Labute approximate surface area is 170 Å². The molecule has 0 N–H and O–H groups in total. The first-order chi connectivity index (χ1) is 12.3. The topological polar surface area (TPSA) is 0 Å². The van der Waals surface area contributed by atoms with Gasteiger partial charge in [0.15, 0.2) is 0 Å². The fourth-order valence-corrected chi connectivity index (χ4v) is 15.5. The summed E-state index contributed by atoms with van der Waals surface area (Å²) < 4.78 is 5.21. The Morgan fingerprint density at radius 1 is 0.320 bits per heavy atom. The third-order valence-corrected chi connectivity index (χ3v) is 18.0. The van der Waals surface area contributed by atoms with Gasteiger partial charge < -0.3 is 0 Å². The van der Waals surface area contributed by atoms with E-state index in [1.807, 2.05) is 0 Å². The van der Waals surface area contributed by atoms with Crippen molar-refractivity contribution in [2.45, 2.75) is 148 Å². The van der Waals surface area contributed by atoms with Crippen molar-refractivity contribution < 1.29 is 0 Å². The molecule has 0 saturated carbocycles. The third kappa shape index (κ3) is 21.1. The molecule has 0 aliphatic rings. The molecule has 1 heteroatoms. The minimum absolute atomic E-state index is 1.19. The fraction of sp³-hybridized carbons (Fsp3) is 1.00. The van der Waals surface area contributed by atoms with E-state index in [0.29, 0.717) is 0 Å². The molecule has 1 radical (unpaired) electrons. The van der Waals surface area contributed by atoms with E-state index in [2.05, 4.69) is 20.8 Å². The molecule has 0 rings (SSSR count). The van der Waals surface area contributed by atoms with Gasteiger partial charge in [0.05, 0.1) is 0 Å². The molecule has 151 valence electrons. The standard InChI is InChI=1S/3C8H17.Pb/c3*1-3-5-7-8-6-4-2;/h3*1,3-8H2,2H3;. The number of hydrogen-bond acceptors (Lipinski definition) is 0. The van der Waals surface area contributed by atoms with Crippen molar-refractivity contribution in [3.63, 3.8) is 0 Å². The van der Waals surface area contributed by atoms with Gasteiger partial charge in [-0.05, 0) is 0 Å². The predicted octanol–water partition coefficient (Wildman–Crippen LogP) is 9.56. The van der Waals surface area contributed by atoms with E-state index in [0.717, 1.165) is 0 Å². The summed E-state index contributed by atoms with van der Waals surface area (Å²) in [5.41, 5.74) is 0. The van der Waals surface area contributed by atoms with Crippen molar-refractivity contribution in [3.05, 3.63) is 0 Å². The zero-order valence-electron chi connectivity index (χ0n) is 18.3. The summed E-state index contributed by atoms with van der Waals surface area (Å²) >= 11 is -1.19. The third-order valence-electron chi connectivity index (χ3n) is 5.65. The molecular formula is C24H51Pb. The Bertz CT molecular complexity index is 188. The Balaban J connectivity index is 3.76. The van der Waals surface area contributed by atoms with E-state index in [9.17, 15) is 0 Å². The monoisotopic (exact) mass is 547 g/mol. The van der Waals surface area contributed by atoms with Crippen molar-refractivity contribution in [2.75, 3.05) is 0 Å². The summed E-state index contributed by atoms with van der Waals surface area (Å²) in [4.78, 5) is 0. The van der Waals surface area contributed by atoms with Crippen LogP contribution in [0.5, 0.6) is 0 Å². The first-order valence-corrected chi connectivity index (χ1v) is 20.4. The van der Waals surface area contributed by atoms with Crippen LogP contribution < -0.4 is 0 Å². The van der Waals surface area contributed by atoms with Crippen LogP contribution in [-0.4, -0.2) is 22.7 Å². The van der Waals surface area contributed by atoms with Crippen LogP contribution in [0.4, 0.5) is 0 Å². The van der Waals surface area contributed by atoms with E-state index in [4.69, 9.17) is 0 Å². The molecule has 0 bridgehead atoms. The van der Waals surface area contributed by atoms with E-state index in [-0.39, 0.29) is 0 Å². The molecule has 0 heterocycles. The molecule has 0 aromatic heterocycles. The van der Waals surface area contributed by atoms with E-state index < -0.39 is 22.7 Å². The molecule has 0 saturated heterocycles. The van der Waals surface area contributed by atoms with Crippen LogP contribution in [0, 0.1) is 0 Å². The van der Waals surface area contributed by atoms with Gasteiger partial charge in [-0.25, -0.2) is 0 Å². The van der Waals surface area contributed by atoms with Gasteiger partial charge in [-0.1, -0.05) is 0 Å². The second-order valence-electron chi connectivity index (χ2n) is 8.30. The van der Waals surface area contributed by atoms with Gasteiger partial charge >= 0.3 is 171 Å². The molecule has 0 amide bonds. The molecule has 0 aliphatic heterocycles. The molecule has 0 unspecified atom stereocenters. The molecule has 25 heavy (non-hydrogen) atoms. The van der Waals surface area contributed by atoms with Gasteiger partial charge in [0.2, 0.25) is 0 Å². The van der Waals surface area contributed by atoms with E-state index >= 15 is 0 Å². The van der Waals surface area contributed by atoms with E-state index in [1.54, 1.807) is 50.5 Å². The van der Waals surface area contributed by atoms with Crippen molar-refractivity contribution in [1.82, 2.24) is 0 Å². The Hall–Kier alpha value is 0.922. The fourth-order valence-electron chi connectivity index (χ4n) is 3.84. The normalized spacial score (nSPS) is 11.5. The summed E-state index contributed by atoms with van der Waals surface area (Å²) in [7, 11) is 0. The molecule has 0 nitrogen and oxygen atoms in total. The quantitative estimate of drug-likeness (QED) is 0.0993. The van der Waals surface area contributed by atoms with Crippen molar-refractivity contribution in [1.29, 1.82) is 0 Å². The summed E-state index contributed by atoms with van der Waals surface area (Å²) in [5, 5.41) is 0. The van der Waals surface area contributed by atoms with Crippen molar-refractivity contribution in [2.24, 2.45) is 0 Å². The maximum atomic E-state index is 2.33. The molecule has 0 aromatic rings.